The molecule has 0 atom stereocenters. The van der Waals surface area contributed by atoms with E-state index in [9.17, 15) is 0 Å². The van der Waals surface area contributed by atoms with E-state index in [-0.39, 0.29) is 0 Å². The van der Waals surface area contributed by atoms with Gasteiger partial charge in [0.1, 0.15) is 5.15 Å². The van der Waals surface area contributed by atoms with Crippen LogP contribution in [0.5, 0.6) is 0 Å². The van der Waals surface area contributed by atoms with Crippen molar-refractivity contribution in [3.8, 4) is 0 Å². The molecule has 0 aliphatic carbocycles. The number of nitrogens with zero attached hydrogens (tertiary/aromatic N) is 1. The van der Waals surface area contributed by atoms with Gasteiger partial charge in [0.2, 0.25) is 0 Å². The maximum Gasteiger partial charge on any atom is 0.129 e. The van der Waals surface area contributed by atoms with Gasteiger partial charge in [0, 0.05) is 11.3 Å². The zero-order valence-electron chi connectivity index (χ0n) is 8.66. The Morgan fingerprint density at radius 1 is 1.19 bits per heavy atom. The first-order valence-corrected chi connectivity index (χ1v) is 5.99. The van der Waals surface area contributed by atoms with Crippen LogP contribution in [-0.4, -0.2) is 10.9 Å². The van der Waals surface area contributed by atoms with E-state index in [1.807, 2.05) is 18.2 Å². The molecular weight excluding hydrogens is 241 g/mol. The van der Waals surface area contributed by atoms with Crippen molar-refractivity contribution in [2.45, 2.75) is 6.42 Å². The molecule has 0 saturated heterocycles. The molecular formula is C13H11Cl2N. The summed E-state index contributed by atoms with van der Waals surface area (Å²) >= 11 is 11.4. The highest BCUT2D eigenvalue weighted by atomic mass is 35.5. The topological polar surface area (TPSA) is 12.9 Å². The van der Waals surface area contributed by atoms with Crippen LogP contribution in [0.1, 0.15) is 12.0 Å². The van der Waals surface area contributed by atoms with E-state index in [4.69, 9.17) is 23.2 Å². The van der Waals surface area contributed by atoms with Crippen LogP contribution in [0, 0.1) is 0 Å². The molecule has 0 fully saturated rings. The molecule has 0 unspecified atom stereocenters. The van der Waals surface area contributed by atoms with Gasteiger partial charge in [-0.2, -0.15) is 0 Å². The number of alkyl halides is 1. The Labute approximate surface area is 105 Å². The quantitative estimate of drug-likeness (QED) is 0.577. The molecule has 2 rings (SSSR count). The van der Waals surface area contributed by atoms with Crippen LogP contribution in [0.4, 0.5) is 0 Å². The molecule has 16 heavy (non-hydrogen) atoms. The summed E-state index contributed by atoms with van der Waals surface area (Å²) in [5.41, 5.74) is 2.07. The Bertz CT molecular complexity index is 520. The summed E-state index contributed by atoms with van der Waals surface area (Å²) < 4.78 is 0. The number of fused-ring (bicyclic) bond motifs is 1. The average Bonchev–Trinajstić information content (AvgIpc) is 2.29. The molecule has 3 heteroatoms. The first-order chi connectivity index (χ1) is 7.79. The van der Waals surface area contributed by atoms with Crippen molar-refractivity contribution in [2.75, 3.05) is 5.88 Å². The summed E-state index contributed by atoms with van der Waals surface area (Å²) in [6.45, 7) is 0. The fourth-order valence-corrected chi connectivity index (χ4v) is 1.79. The van der Waals surface area contributed by atoms with Gasteiger partial charge in [0.25, 0.3) is 0 Å². The Hall–Kier alpha value is -1.05. The third-order valence-electron chi connectivity index (χ3n) is 2.27. The van der Waals surface area contributed by atoms with Gasteiger partial charge in [0.15, 0.2) is 0 Å². The lowest BCUT2D eigenvalue weighted by molar-refractivity contribution is 1.24. The number of halogens is 2. The Morgan fingerprint density at radius 3 is 2.88 bits per heavy atom. The largest absolute Gasteiger partial charge is 0.236 e. The van der Waals surface area contributed by atoms with E-state index in [0.717, 1.165) is 22.9 Å². The van der Waals surface area contributed by atoms with Crippen LogP contribution < -0.4 is 0 Å². The van der Waals surface area contributed by atoms with Gasteiger partial charge in [-0.3, -0.25) is 0 Å². The third-order valence-corrected chi connectivity index (χ3v) is 2.69. The molecule has 1 aromatic heterocycles. The molecule has 1 nitrogen and oxygen atoms in total. The number of benzene rings is 1. The van der Waals surface area contributed by atoms with E-state index in [0.29, 0.717) is 11.0 Å². The van der Waals surface area contributed by atoms with Crippen molar-refractivity contribution in [3.63, 3.8) is 0 Å². The van der Waals surface area contributed by atoms with E-state index in [1.54, 1.807) is 6.07 Å². The molecule has 0 N–H and O–H groups in total. The van der Waals surface area contributed by atoms with Gasteiger partial charge in [-0.25, -0.2) is 4.98 Å². The van der Waals surface area contributed by atoms with Crippen LogP contribution in [-0.2, 0) is 0 Å². The van der Waals surface area contributed by atoms with Crippen LogP contribution >= 0.6 is 23.2 Å². The van der Waals surface area contributed by atoms with Crippen molar-refractivity contribution in [1.82, 2.24) is 4.98 Å². The number of allylic oxidation sites excluding steroid dienone is 1. The minimum Gasteiger partial charge on any atom is -0.236 e. The van der Waals surface area contributed by atoms with Gasteiger partial charge < -0.3 is 0 Å². The molecule has 0 amide bonds. The summed E-state index contributed by atoms with van der Waals surface area (Å²) in [5.74, 6) is 0.654. The number of hydrogen-bond donors (Lipinski definition) is 0. The predicted molar refractivity (Wildman–Crippen MR) is 71.1 cm³/mol. The third kappa shape index (κ3) is 2.75. The van der Waals surface area contributed by atoms with Gasteiger partial charge >= 0.3 is 0 Å². The normalized spacial score (nSPS) is 11.4. The smallest absolute Gasteiger partial charge is 0.129 e. The monoisotopic (exact) mass is 251 g/mol. The van der Waals surface area contributed by atoms with Crippen molar-refractivity contribution in [1.29, 1.82) is 0 Å². The number of aromatic nitrogens is 1. The highest BCUT2D eigenvalue weighted by molar-refractivity contribution is 6.29. The zero-order valence-corrected chi connectivity index (χ0v) is 10.2. The molecule has 0 saturated carbocycles. The van der Waals surface area contributed by atoms with Crippen molar-refractivity contribution in [2.24, 2.45) is 0 Å². The molecule has 1 aromatic carbocycles. The number of rotatable bonds is 3. The van der Waals surface area contributed by atoms with E-state index in [2.05, 4.69) is 23.2 Å². The minimum absolute atomic E-state index is 0.526. The fraction of sp³-hybridized carbons (Fsp3) is 0.154. The molecule has 0 radical (unpaired) electrons. The first kappa shape index (κ1) is 11.4. The molecule has 0 spiro atoms. The summed E-state index contributed by atoms with van der Waals surface area (Å²) in [6.07, 6.45) is 5.02. The van der Waals surface area contributed by atoms with Gasteiger partial charge in [-0.05, 0) is 36.2 Å². The Kier molecular flexibility index (Phi) is 3.81. The van der Waals surface area contributed by atoms with E-state index < -0.39 is 0 Å². The number of pyridine rings is 1. The van der Waals surface area contributed by atoms with Gasteiger partial charge in [0.05, 0.1) is 5.52 Å². The lowest BCUT2D eigenvalue weighted by Crippen LogP contribution is -1.80. The van der Waals surface area contributed by atoms with Crippen LogP contribution in [0.15, 0.2) is 36.4 Å². The first-order valence-electron chi connectivity index (χ1n) is 5.08. The molecule has 0 bridgehead atoms. The standard InChI is InChI=1S/C13H11Cl2N/c14-8-2-1-3-10-4-6-12-11(9-10)5-7-13(15)16-12/h1,3-7,9H,2,8H2. The second-order valence-electron chi connectivity index (χ2n) is 3.47. The van der Waals surface area contributed by atoms with Crippen LogP contribution in [0.3, 0.4) is 0 Å². The highest BCUT2D eigenvalue weighted by Crippen LogP contribution is 2.17. The van der Waals surface area contributed by atoms with Crippen LogP contribution in [0.2, 0.25) is 5.15 Å². The Balaban J connectivity index is 2.33. The van der Waals surface area contributed by atoms with Crippen molar-refractivity contribution in [3.05, 3.63) is 47.1 Å². The predicted octanol–water partition coefficient (Wildman–Crippen LogP) is 4.53. The second kappa shape index (κ2) is 5.33. The lowest BCUT2D eigenvalue weighted by Gasteiger charge is -1.99. The van der Waals surface area contributed by atoms with E-state index in [1.165, 1.54) is 0 Å². The van der Waals surface area contributed by atoms with Gasteiger partial charge in [-0.15, -0.1) is 11.6 Å². The average molecular weight is 252 g/mol. The molecule has 0 aliphatic rings. The highest BCUT2D eigenvalue weighted by Gasteiger charge is 1.96. The maximum atomic E-state index is 5.82. The maximum absolute atomic E-state index is 5.82. The second-order valence-corrected chi connectivity index (χ2v) is 4.23. The van der Waals surface area contributed by atoms with Crippen LogP contribution in [0.25, 0.3) is 17.0 Å². The fourth-order valence-electron chi connectivity index (χ4n) is 1.51. The van der Waals surface area contributed by atoms with Crippen molar-refractivity contribution < 1.29 is 0 Å². The molecule has 82 valence electrons. The lowest BCUT2D eigenvalue weighted by atomic mass is 10.1. The Morgan fingerprint density at radius 2 is 2.06 bits per heavy atom. The SMILES string of the molecule is ClCCC=Cc1ccc2nc(Cl)ccc2c1. The summed E-state index contributed by atoms with van der Waals surface area (Å²) in [6, 6.07) is 9.86. The summed E-state index contributed by atoms with van der Waals surface area (Å²) in [7, 11) is 0. The van der Waals surface area contributed by atoms with Gasteiger partial charge in [-0.1, -0.05) is 29.8 Å². The molecule has 1 heterocycles. The van der Waals surface area contributed by atoms with Crippen molar-refractivity contribution >= 4 is 40.2 Å². The van der Waals surface area contributed by atoms with E-state index >= 15 is 0 Å². The minimum atomic E-state index is 0.526. The summed E-state index contributed by atoms with van der Waals surface area (Å²) in [4.78, 5) is 4.23. The summed E-state index contributed by atoms with van der Waals surface area (Å²) in [5, 5.41) is 1.62. The number of hydrogen-bond acceptors (Lipinski definition) is 1. The zero-order chi connectivity index (χ0) is 11.4. The molecule has 0 aliphatic heterocycles. The molecule has 2 aromatic rings.